The van der Waals surface area contributed by atoms with Crippen molar-refractivity contribution in [1.82, 2.24) is 0 Å². The van der Waals surface area contributed by atoms with E-state index in [-0.39, 0.29) is 18.6 Å². The molecule has 0 fully saturated rings. The van der Waals surface area contributed by atoms with Gasteiger partial charge in [0.2, 0.25) is 0 Å². The third-order valence-electron chi connectivity index (χ3n) is 2.21. The molecule has 66 valence electrons. The van der Waals surface area contributed by atoms with Gasteiger partial charge in [-0.15, -0.1) is 6.58 Å². The molecule has 2 heteroatoms. The lowest BCUT2D eigenvalue weighted by Crippen LogP contribution is -2.25. The number of aliphatic hydroxyl groups is 1. The van der Waals surface area contributed by atoms with Gasteiger partial charge in [-0.2, -0.15) is 0 Å². The molecule has 0 radical (unpaired) electrons. The highest BCUT2D eigenvalue weighted by Gasteiger charge is 2.18. The van der Waals surface area contributed by atoms with Gasteiger partial charge in [-0.3, -0.25) is 0 Å². The third-order valence-corrected chi connectivity index (χ3v) is 2.21. The molecule has 0 rings (SSSR count). The second kappa shape index (κ2) is 5.33. The minimum Gasteiger partial charge on any atom is -0.396 e. The lowest BCUT2D eigenvalue weighted by atomic mass is 9.91. The van der Waals surface area contributed by atoms with Gasteiger partial charge in [-0.25, -0.2) is 0 Å². The molecule has 0 bridgehead atoms. The van der Waals surface area contributed by atoms with Crippen LogP contribution < -0.4 is 0 Å². The van der Waals surface area contributed by atoms with Crippen molar-refractivity contribution in [3.63, 3.8) is 0 Å². The highest BCUT2D eigenvalue weighted by atomic mass is 16.5. The van der Waals surface area contributed by atoms with Gasteiger partial charge in [0, 0.05) is 13.7 Å². The Kier molecular flexibility index (Phi) is 5.16. The summed E-state index contributed by atoms with van der Waals surface area (Å²) in [6, 6.07) is 0. The first-order valence-corrected chi connectivity index (χ1v) is 3.93. The second-order valence-electron chi connectivity index (χ2n) is 2.95. The molecule has 0 aromatic rings. The van der Waals surface area contributed by atoms with Crippen LogP contribution in [-0.4, -0.2) is 24.9 Å². The predicted octanol–water partition coefficient (Wildman–Crippen LogP) is 1.45. The van der Waals surface area contributed by atoms with Gasteiger partial charge < -0.3 is 9.84 Å². The molecule has 0 aliphatic heterocycles. The van der Waals surface area contributed by atoms with Crippen LogP contribution in [0.1, 0.15) is 13.8 Å². The summed E-state index contributed by atoms with van der Waals surface area (Å²) >= 11 is 0. The van der Waals surface area contributed by atoms with Gasteiger partial charge in [-0.1, -0.05) is 19.9 Å². The van der Waals surface area contributed by atoms with Crippen LogP contribution in [-0.2, 0) is 4.74 Å². The van der Waals surface area contributed by atoms with Crippen LogP contribution in [0.15, 0.2) is 12.7 Å². The SMILES string of the molecule is C=C[C@H](OC)[C@@H](C)[C@H](C)CO. The fourth-order valence-corrected chi connectivity index (χ4v) is 1.02. The molecule has 0 aliphatic carbocycles. The largest absolute Gasteiger partial charge is 0.396 e. The van der Waals surface area contributed by atoms with Crippen molar-refractivity contribution < 1.29 is 9.84 Å². The van der Waals surface area contributed by atoms with Crippen molar-refractivity contribution in [2.75, 3.05) is 13.7 Å². The van der Waals surface area contributed by atoms with Crippen LogP contribution in [0.5, 0.6) is 0 Å². The molecule has 1 N–H and O–H groups in total. The average Bonchev–Trinajstić information content (AvgIpc) is 2.05. The molecule has 0 spiro atoms. The van der Waals surface area contributed by atoms with Crippen LogP contribution in [0.4, 0.5) is 0 Å². The number of hydrogen-bond donors (Lipinski definition) is 1. The third kappa shape index (κ3) is 3.04. The van der Waals surface area contributed by atoms with Crippen LogP contribution in [0.25, 0.3) is 0 Å². The maximum Gasteiger partial charge on any atom is 0.0778 e. The molecule has 2 nitrogen and oxygen atoms in total. The zero-order chi connectivity index (χ0) is 8.85. The van der Waals surface area contributed by atoms with Crippen LogP contribution >= 0.6 is 0 Å². The number of ether oxygens (including phenoxy) is 1. The number of methoxy groups -OCH3 is 1. The average molecular weight is 158 g/mol. The Hall–Kier alpha value is -0.340. The van der Waals surface area contributed by atoms with Gasteiger partial charge in [0.05, 0.1) is 6.10 Å². The van der Waals surface area contributed by atoms with E-state index in [0.29, 0.717) is 5.92 Å². The zero-order valence-corrected chi connectivity index (χ0v) is 7.58. The Morgan fingerprint density at radius 2 is 2.09 bits per heavy atom. The van der Waals surface area contributed by atoms with Crippen molar-refractivity contribution in [3.8, 4) is 0 Å². The minimum atomic E-state index is 0.0529. The minimum absolute atomic E-state index is 0.0529. The topological polar surface area (TPSA) is 29.5 Å². The zero-order valence-electron chi connectivity index (χ0n) is 7.58. The summed E-state index contributed by atoms with van der Waals surface area (Å²) in [7, 11) is 1.66. The summed E-state index contributed by atoms with van der Waals surface area (Å²) in [6.45, 7) is 7.92. The van der Waals surface area contributed by atoms with E-state index in [9.17, 15) is 0 Å². The maximum absolute atomic E-state index is 8.86. The highest BCUT2D eigenvalue weighted by molar-refractivity contribution is 4.85. The Balaban J connectivity index is 3.96. The first-order chi connectivity index (χ1) is 5.17. The summed E-state index contributed by atoms with van der Waals surface area (Å²) in [5.74, 6) is 0.584. The Morgan fingerprint density at radius 1 is 1.55 bits per heavy atom. The molecule has 0 heterocycles. The summed E-state index contributed by atoms with van der Waals surface area (Å²) in [5.41, 5.74) is 0. The van der Waals surface area contributed by atoms with E-state index in [1.54, 1.807) is 13.2 Å². The van der Waals surface area contributed by atoms with E-state index in [1.807, 2.05) is 6.92 Å². The van der Waals surface area contributed by atoms with Crippen LogP contribution in [0.3, 0.4) is 0 Å². The molecule has 0 aliphatic rings. The van der Waals surface area contributed by atoms with Crippen molar-refractivity contribution in [2.24, 2.45) is 11.8 Å². The van der Waals surface area contributed by atoms with Crippen molar-refractivity contribution >= 4 is 0 Å². The van der Waals surface area contributed by atoms with Gasteiger partial charge >= 0.3 is 0 Å². The van der Waals surface area contributed by atoms with Crippen LogP contribution in [0, 0.1) is 11.8 Å². The van der Waals surface area contributed by atoms with E-state index in [4.69, 9.17) is 9.84 Å². The monoisotopic (exact) mass is 158 g/mol. The normalized spacial score (nSPS) is 18.9. The molecule has 0 unspecified atom stereocenters. The summed E-state index contributed by atoms with van der Waals surface area (Å²) in [4.78, 5) is 0. The summed E-state index contributed by atoms with van der Waals surface area (Å²) < 4.78 is 5.16. The van der Waals surface area contributed by atoms with Gasteiger partial charge in [0.1, 0.15) is 0 Å². The van der Waals surface area contributed by atoms with Gasteiger partial charge in [-0.05, 0) is 11.8 Å². The van der Waals surface area contributed by atoms with Crippen molar-refractivity contribution in [1.29, 1.82) is 0 Å². The smallest absolute Gasteiger partial charge is 0.0778 e. The maximum atomic E-state index is 8.86. The standard InChI is InChI=1S/C9H18O2/c1-5-9(11-4)8(3)7(2)6-10/h5,7-10H,1,6H2,2-4H3/t7-,8+,9+/m1/s1. The van der Waals surface area contributed by atoms with Crippen molar-refractivity contribution in [3.05, 3.63) is 12.7 Å². The van der Waals surface area contributed by atoms with E-state index < -0.39 is 0 Å². The van der Waals surface area contributed by atoms with Gasteiger partial charge in [0.25, 0.3) is 0 Å². The van der Waals surface area contributed by atoms with Crippen LogP contribution in [0.2, 0.25) is 0 Å². The molecular weight excluding hydrogens is 140 g/mol. The number of hydrogen-bond acceptors (Lipinski definition) is 2. The first kappa shape index (κ1) is 10.7. The van der Waals surface area contributed by atoms with Crippen molar-refractivity contribution in [2.45, 2.75) is 20.0 Å². The lowest BCUT2D eigenvalue weighted by molar-refractivity contribution is 0.0566. The molecule has 0 aromatic heterocycles. The molecule has 3 atom stereocenters. The fraction of sp³-hybridized carbons (Fsp3) is 0.778. The molecule has 11 heavy (non-hydrogen) atoms. The lowest BCUT2D eigenvalue weighted by Gasteiger charge is -2.23. The summed E-state index contributed by atoms with van der Waals surface area (Å²) in [5, 5.41) is 8.86. The van der Waals surface area contributed by atoms with E-state index in [0.717, 1.165) is 0 Å². The molecule has 0 aromatic carbocycles. The summed E-state index contributed by atoms with van der Waals surface area (Å²) in [6.07, 6.45) is 1.83. The quantitative estimate of drug-likeness (QED) is 0.614. The van der Waals surface area contributed by atoms with E-state index >= 15 is 0 Å². The number of aliphatic hydroxyl groups excluding tert-OH is 1. The predicted molar refractivity (Wildman–Crippen MR) is 46.4 cm³/mol. The Morgan fingerprint density at radius 3 is 2.36 bits per heavy atom. The second-order valence-corrected chi connectivity index (χ2v) is 2.95. The highest BCUT2D eigenvalue weighted by Crippen LogP contribution is 2.17. The Labute approximate surface area is 68.9 Å². The van der Waals surface area contributed by atoms with Gasteiger partial charge in [0.15, 0.2) is 0 Å². The first-order valence-electron chi connectivity index (χ1n) is 3.93. The van der Waals surface area contributed by atoms with E-state index in [1.165, 1.54) is 0 Å². The molecular formula is C9H18O2. The number of rotatable bonds is 5. The molecule has 0 amide bonds. The van der Waals surface area contributed by atoms with E-state index in [2.05, 4.69) is 13.5 Å². The fourth-order valence-electron chi connectivity index (χ4n) is 1.02. The molecule has 0 saturated heterocycles. The molecule has 0 saturated carbocycles. The Bertz CT molecular complexity index is 112.